The number of rotatable bonds is 12. The van der Waals surface area contributed by atoms with Crippen LogP contribution < -0.4 is 5.11 Å². The third-order valence-electron chi connectivity index (χ3n) is 3.06. The molecule has 0 bridgehead atoms. The van der Waals surface area contributed by atoms with E-state index in [0.29, 0.717) is 36.7 Å². The van der Waals surface area contributed by atoms with Crippen molar-refractivity contribution in [3.63, 3.8) is 0 Å². The number of hydrogen-bond donors (Lipinski definition) is 0. The lowest BCUT2D eigenvalue weighted by atomic mass is 10.1. The van der Waals surface area contributed by atoms with Gasteiger partial charge >= 0.3 is 5.97 Å². The standard InChI is InChI=1S/C16H29NO5/c1-5-8-13(18)9-6-7-10-16(21)22-14(11-15(19)20)12-17(2,3)4/h14H,5-12H2,1-4H3. The van der Waals surface area contributed by atoms with Gasteiger partial charge in [-0.1, -0.05) is 6.92 Å². The zero-order valence-electron chi connectivity index (χ0n) is 14.2. The second-order valence-corrected chi connectivity index (χ2v) is 6.66. The molecular weight excluding hydrogens is 286 g/mol. The number of aliphatic carboxylic acids is 1. The Bertz CT molecular complexity index is 373. The number of carboxylic acids is 1. The molecule has 0 aliphatic rings. The Morgan fingerprint density at radius 1 is 1.05 bits per heavy atom. The van der Waals surface area contributed by atoms with Crippen molar-refractivity contribution in [2.75, 3.05) is 27.7 Å². The largest absolute Gasteiger partial charge is 0.550 e. The van der Waals surface area contributed by atoms with Crippen LogP contribution in [0.2, 0.25) is 0 Å². The van der Waals surface area contributed by atoms with E-state index < -0.39 is 18.0 Å². The first-order valence-corrected chi connectivity index (χ1v) is 7.85. The van der Waals surface area contributed by atoms with Crippen LogP contribution in [-0.4, -0.2) is 56.0 Å². The van der Waals surface area contributed by atoms with E-state index in [4.69, 9.17) is 4.74 Å². The minimum Gasteiger partial charge on any atom is -0.550 e. The van der Waals surface area contributed by atoms with Gasteiger partial charge in [0, 0.05) is 31.7 Å². The number of nitrogens with zero attached hydrogens (tertiary/aromatic N) is 1. The summed E-state index contributed by atoms with van der Waals surface area (Å²) in [6.07, 6.45) is 2.39. The van der Waals surface area contributed by atoms with Crippen LogP contribution in [0.25, 0.3) is 0 Å². The van der Waals surface area contributed by atoms with Gasteiger partial charge in [-0.25, -0.2) is 0 Å². The Hall–Kier alpha value is -1.43. The number of Topliss-reactive ketones (excluding diaryl/α,β-unsaturated/α-hetero) is 1. The maximum atomic E-state index is 11.8. The Kier molecular flexibility index (Phi) is 9.65. The van der Waals surface area contributed by atoms with E-state index in [-0.39, 0.29) is 18.6 Å². The fraction of sp³-hybridized carbons (Fsp3) is 0.812. The molecule has 0 aliphatic heterocycles. The second-order valence-electron chi connectivity index (χ2n) is 6.66. The lowest BCUT2D eigenvalue weighted by Crippen LogP contribution is -2.45. The summed E-state index contributed by atoms with van der Waals surface area (Å²) in [6, 6.07) is 0. The number of carbonyl (C=O) groups excluding carboxylic acids is 3. The summed E-state index contributed by atoms with van der Waals surface area (Å²) >= 11 is 0. The fourth-order valence-electron chi connectivity index (χ4n) is 2.18. The zero-order chi connectivity index (χ0) is 17.2. The van der Waals surface area contributed by atoms with Crippen molar-refractivity contribution in [2.45, 2.75) is 58.0 Å². The van der Waals surface area contributed by atoms with Crippen LogP contribution in [-0.2, 0) is 19.1 Å². The number of hydrogen-bond acceptors (Lipinski definition) is 5. The Balaban J connectivity index is 4.12. The van der Waals surface area contributed by atoms with Gasteiger partial charge in [-0.05, 0) is 19.3 Å². The van der Waals surface area contributed by atoms with Crippen LogP contribution in [0, 0.1) is 0 Å². The molecule has 0 aromatic heterocycles. The van der Waals surface area contributed by atoms with E-state index in [1.54, 1.807) is 0 Å². The van der Waals surface area contributed by atoms with E-state index in [2.05, 4.69) is 0 Å². The van der Waals surface area contributed by atoms with Crippen molar-refractivity contribution in [1.82, 2.24) is 0 Å². The minimum atomic E-state index is -1.23. The predicted octanol–water partition coefficient (Wildman–Crippen LogP) is 0.674. The van der Waals surface area contributed by atoms with Gasteiger partial charge in [0.25, 0.3) is 0 Å². The van der Waals surface area contributed by atoms with Crippen molar-refractivity contribution in [2.24, 2.45) is 0 Å². The first-order chi connectivity index (χ1) is 10.1. The number of likely N-dealkylation sites (N-methyl/N-ethyl adjacent to an activating group) is 1. The molecule has 0 aromatic rings. The van der Waals surface area contributed by atoms with Gasteiger partial charge in [-0.3, -0.25) is 9.59 Å². The lowest BCUT2D eigenvalue weighted by Gasteiger charge is -2.29. The van der Waals surface area contributed by atoms with Crippen molar-refractivity contribution >= 4 is 17.7 Å². The van der Waals surface area contributed by atoms with Gasteiger partial charge < -0.3 is 19.1 Å². The number of unbranched alkanes of at least 4 members (excludes halogenated alkanes) is 1. The summed E-state index contributed by atoms with van der Waals surface area (Å²) in [6.45, 7) is 2.37. The van der Waals surface area contributed by atoms with Crippen molar-refractivity contribution < 1.29 is 28.7 Å². The van der Waals surface area contributed by atoms with Crippen LogP contribution in [0.5, 0.6) is 0 Å². The molecule has 0 heterocycles. The van der Waals surface area contributed by atoms with Crippen LogP contribution in [0.3, 0.4) is 0 Å². The van der Waals surface area contributed by atoms with Gasteiger partial charge in [-0.15, -0.1) is 0 Å². The van der Waals surface area contributed by atoms with Crippen LogP contribution in [0.4, 0.5) is 0 Å². The number of ether oxygens (including phenoxy) is 1. The molecule has 0 fully saturated rings. The number of quaternary nitrogens is 1. The van der Waals surface area contributed by atoms with Crippen LogP contribution in [0.15, 0.2) is 0 Å². The van der Waals surface area contributed by atoms with Crippen LogP contribution >= 0.6 is 0 Å². The Morgan fingerprint density at radius 2 is 1.64 bits per heavy atom. The molecule has 22 heavy (non-hydrogen) atoms. The molecule has 6 nitrogen and oxygen atoms in total. The van der Waals surface area contributed by atoms with Gasteiger partial charge in [0.1, 0.15) is 12.3 Å². The monoisotopic (exact) mass is 315 g/mol. The van der Waals surface area contributed by atoms with Gasteiger partial charge in [0.2, 0.25) is 0 Å². The van der Waals surface area contributed by atoms with Gasteiger partial charge in [0.15, 0.2) is 6.10 Å². The summed E-state index contributed by atoms with van der Waals surface area (Å²) in [5.41, 5.74) is 0. The summed E-state index contributed by atoms with van der Waals surface area (Å²) in [7, 11) is 5.69. The predicted molar refractivity (Wildman–Crippen MR) is 80.8 cm³/mol. The smallest absolute Gasteiger partial charge is 0.306 e. The highest BCUT2D eigenvalue weighted by atomic mass is 16.5. The minimum absolute atomic E-state index is 0.208. The highest BCUT2D eigenvalue weighted by Gasteiger charge is 2.22. The first kappa shape index (κ1) is 20.6. The van der Waals surface area contributed by atoms with E-state index in [9.17, 15) is 19.5 Å². The molecule has 1 atom stereocenters. The maximum Gasteiger partial charge on any atom is 0.306 e. The molecular formula is C16H29NO5. The van der Waals surface area contributed by atoms with E-state index in [1.165, 1.54) is 0 Å². The zero-order valence-corrected chi connectivity index (χ0v) is 14.2. The molecule has 0 saturated heterocycles. The molecule has 0 aliphatic carbocycles. The maximum absolute atomic E-state index is 11.8. The highest BCUT2D eigenvalue weighted by Crippen LogP contribution is 2.09. The molecule has 0 N–H and O–H groups in total. The summed E-state index contributed by atoms with van der Waals surface area (Å²) < 4.78 is 5.73. The molecule has 6 heteroatoms. The van der Waals surface area contributed by atoms with Crippen LogP contribution in [0.1, 0.15) is 51.9 Å². The molecule has 128 valence electrons. The first-order valence-electron chi connectivity index (χ1n) is 7.85. The number of ketones is 1. The molecule has 0 aromatic carbocycles. The molecule has 0 rings (SSSR count). The molecule has 0 spiro atoms. The summed E-state index contributed by atoms with van der Waals surface area (Å²) in [4.78, 5) is 33.8. The SMILES string of the molecule is CCCC(=O)CCCCC(=O)OC(CC(=O)[O-])C[N+](C)(C)C. The lowest BCUT2D eigenvalue weighted by molar-refractivity contribution is -0.873. The highest BCUT2D eigenvalue weighted by molar-refractivity contribution is 5.78. The quantitative estimate of drug-likeness (QED) is 0.300. The normalized spacial score (nSPS) is 12.7. The van der Waals surface area contributed by atoms with Crippen molar-refractivity contribution in [1.29, 1.82) is 0 Å². The number of carbonyl (C=O) groups is 3. The molecule has 0 saturated carbocycles. The van der Waals surface area contributed by atoms with E-state index in [0.717, 1.165) is 6.42 Å². The second kappa shape index (κ2) is 10.3. The van der Waals surface area contributed by atoms with E-state index in [1.807, 2.05) is 28.1 Å². The summed E-state index contributed by atoms with van der Waals surface area (Å²) in [5, 5.41) is 10.7. The van der Waals surface area contributed by atoms with Crippen molar-refractivity contribution in [3.05, 3.63) is 0 Å². The molecule has 1 unspecified atom stereocenters. The summed E-state index contributed by atoms with van der Waals surface area (Å²) in [5.74, 6) is -1.42. The van der Waals surface area contributed by atoms with Crippen molar-refractivity contribution in [3.8, 4) is 0 Å². The van der Waals surface area contributed by atoms with Gasteiger partial charge in [0.05, 0.1) is 21.1 Å². The molecule has 0 amide bonds. The fourth-order valence-corrected chi connectivity index (χ4v) is 2.18. The topological polar surface area (TPSA) is 83.5 Å². The van der Waals surface area contributed by atoms with E-state index >= 15 is 0 Å². The number of esters is 1. The molecule has 0 radical (unpaired) electrons. The Morgan fingerprint density at radius 3 is 2.14 bits per heavy atom. The third kappa shape index (κ3) is 12.3. The van der Waals surface area contributed by atoms with Gasteiger partial charge in [-0.2, -0.15) is 0 Å². The Labute approximate surface area is 133 Å². The number of carboxylic acid groups (broad SMARTS) is 1. The third-order valence-corrected chi connectivity index (χ3v) is 3.06. The average molecular weight is 315 g/mol. The average Bonchev–Trinajstić information content (AvgIpc) is 2.32.